The number of carbonyl (C=O) groups excluding carboxylic acids is 1. The van der Waals surface area contributed by atoms with Crippen LogP contribution in [0.25, 0.3) is 0 Å². The van der Waals surface area contributed by atoms with Gasteiger partial charge in [-0.25, -0.2) is 9.37 Å². The average Bonchev–Trinajstić information content (AvgIpc) is 3.04. The number of piperidine rings is 1. The van der Waals surface area contributed by atoms with Gasteiger partial charge in [0.1, 0.15) is 10.7 Å². The maximum Gasteiger partial charge on any atom is 0.265 e. The van der Waals surface area contributed by atoms with Gasteiger partial charge in [-0.05, 0) is 36.5 Å². The average molecular weight is 347 g/mol. The number of nitrogens with two attached hydrogens (primary N) is 1. The van der Waals surface area contributed by atoms with Crippen molar-refractivity contribution in [3.63, 3.8) is 0 Å². The van der Waals surface area contributed by atoms with Crippen molar-refractivity contribution in [1.29, 1.82) is 0 Å². The molecule has 1 fully saturated rings. The molecule has 1 amide bonds. The molecule has 1 aromatic heterocycles. The second kappa shape index (κ2) is 7.40. The van der Waals surface area contributed by atoms with Crippen LogP contribution in [0, 0.1) is 11.7 Å². The number of benzene rings is 1. The second-order valence-electron chi connectivity index (χ2n) is 6.34. The highest BCUT2D eigenvalue weighted by Crippen LogP contribution is 2.26. The Morgan fingerprint density at radius 1 is 1.42 bits per heavy atom. The number of hydrogen-bond acceptors (Lipinski definition) is 4. The van der Waals surface area contributed by atoms with Crippen LogP contribution in [0.3, 0.4) is 0 Å². The minimum absolute atomic E-state index is 0.0276. The molecule has 1 aromatic carbocycles. The molecule has 0 saturated carbocycles. The molecule has 2 N–H and O–H groups in total. The highest BCUT2D eigenvalue weighted by Gasteiger charge is 2.32. The summed E-state index contributed by atoms with van der Waals surface area (Å²) < 4.78 is 13.0. The van der Waals surface area contributed by atoms with E-state index < -0.39 is 0 Å². The van der Waals surface area contributed by atoms with Crippen LogP contribution in [0.15, 0.2) is 30.5 Å². The molecule has 0 bridgehead atoms. The third-order valence-corrected chi connectivity index (χ3v) is 5.64. The number of aromatic nitrogens is 1. The number of likely N-dealkylation sites (tertiary alicyclic amines) is 1. The molecule has 2 atom stereocenters. The van der Waals surface area contributed by atoms with Gasteiger partial charge in [0, 0.05) is 25.6 Å². The monoisotopic (exact) mass is 347 g/mol. The lowest BCUT2D eigenvalue weighted by molar-refractivity contribution is 0.0537. The Kier molecular flexibility index (Phi) is 5.26. The standard InChI is InChI=1S/C18H22FN3OS/c1-12-3-2-8-22(15(12)10-20)18(23)16-11-21-17(24-16)9-13-4-6-14(19)7-5-13/h4-7,11-12,15H,2-3,8-10,20H2,1H3/t12-,15+/m0/s1. The number of hydrogen-bond donors (Lipinski definition) is 1. The Morgan fingerprint density at radius 3 is 2.88 bits per heavy atom. The molecule has 1 aliphatic heterocycles. The molecule has 4 nitrogen and oxygen atoms in total. The normalized spacial score (nSPS) is 21.0. The largest absolute Gasteiger partial charge is 0.333 e. The fraction of sp³-hybridized carbons (Fsp3) is 0.444. The van der Waals surface area contributed by atoms with Gasteiger partial charge in [0.05, 0.1) is 11.2 Å². The zero-order valence-electron chi connectivity index (χ0n) is 13.7. The minimum atomic E-state index is -0.249. The predicted molar refractivity (Wildman–Crippen MR) is 93.6 cm³/mol. The maximum absolute atomic E-state index is 13.0. The first-order chi connectivity index (χ1) is 11.6. The van der Waals surface area contributed by atoms with E-state index in [0.29, 0.717) is 23.8 Å². The van der Waals surface area contributed by atoms with Crippen LogP contribution in [0.1, 0.15) is 40.0 Å². The van der Waals surface area contributed by atoms with E-state index in [1.54, 1.807) is 18.3 Å². The van der Waals surface area contributed by atoms with Crippen LogP contribution >= 0.6 is 11.3 Å². The predicted octanol–water partition coefficient (Wildman–Crippen LogP) is 3.07. The number of thiazole rings is 1. The summed E-state index contributed by atoms with van der Waals surface area (Å²) in [6.07, 6.45) is 4.39. The van der Waals surface area contributed by atoms with Crippen molar-refractivity contribution < 1.29 is 9.18 Å². The molecule has 0 unspecified atom stereocenters. The Bertz CT molecular complexity index is 701. The topological polar surface area (TPSA) is 59.2 Å². The molecule has 128 valence electrons. The van der Waals surface area contributed by atoms with Gasteiger partial charge in [-0.3, -0.25) is 4.79 Å². The van der Waals surface area contributed by atoms with E-state index in [4.69, 9.17) is 5.73 Å². The van der Waals surface area contributed by atoms with Gasteiger partial charge in [-0.1, -0.05) is 19.1 Å². The number of halogens is 1. The second-order valence-corrected chi connectivity index (χ2v) is 7.46. The van der Waals surface area contributed by atoms with Crippen LogP contribution in [0.4, 0.5) is 4.39 Å². The summed E-state index contributed by atoms with van der Waals surface area (Å²) in [5.41, 5.74) is 6.87. The first-order valence-corrected chi connectivity index (χ1v) is 9.10. The zero-order valence-corrected chi connectivity index (χ0v) is 14.6. The van der Waals surface area contributed by atoms with Gasteiger partial charge < -0.3 is 10.6 Å². The third kappa shape index (κ3) is 3.65. The van der Waals surface area contributed by atoms with Crippen molar-refractivity contribution in [1.82, 2.24) is 9.88 Å². The summed E-state index contributed by atoms with van der Waals surface area (Å²) in [6.45, 7) is 3.41. The molecule has 0 aliphatic carbocycles. The smallest absolute Gasteiger partial charge is 0.265 e. The van der Waals surface area contributed by atoms with Crippen molar-refractivity contribution >= 4 is 17.2 Å². The van der Waals surface area contributed by atoms with Gasteiger partial charge >= 0.3 is 0 Å². The first-order valence-electron chi connectivity index (χ1n) is 8.28. The molecule has 0 radical (unpaired) electrons. The number of nitrogens with zero attached hydrogens (tertiary/aromatic N) is 2. The Labute approximate surface area is 145 Å². The van der Waals surface area contributed by atoms with Crippen LogP contribution in [-0.4, -0.2) is 34.9 Å². The molecule has 6 heteroatoms. The summed E-state index contributed by atoms with van der Waals surface area (Å²) in [4.78, 5) is 19.7. The molecule has 1 aliphatic rings. The molecule has 2 heterocycles. The van der Waals surface area contributed by atoms with E-state index in [-0.39, 0.29) is 17.8 Å². The Morgan fingerprint density at radius 2 is 2.17 bits per heavy atom. The fourth-order valence-electron chi connectivity index (χ4n) is 3.27. The Hall–Kier alpha value is -1.79. The van der Waals surface area contributed by atoms with Gasteiger partial charge in [0.25, 0.3) is 5.91 Å². The van der Waals surface area contributed by atoms with E-state index in [9.17, 15) is 9.18 Å². The minimum Gasteiger partial charge on any atom is -0.333 e. The lowest BCUT2D eigenvalue weighted by atomic mass is 9.90. The SMILES string of the molecule is C[C@H]1CCCN(C(=O)c2cnc(Cc3ccc(F)cc3)s2)[C@@H]1CN. The molecule has 1 saturated heterocycles. The van der Waals surface area contributed by atoms with E-state index in [1.165, 1.54) is 23.5 Å². The Balaban J connectivity index is 1.72. The summed E-state index contributed by atoms with van der Waals surface area (Å²) in [7, 11) is 0. The van der Waals surface area contributed by atoms with E-state index in [0.717, 1.165) is 30.0 Å². The first kappa shape index (κ1) is 17.0. The van der Waals surface area contributed by atoms with Gasteiger partial charge in [0.2, 0.25) is 0 Å². The number of rotatable bonds is 4. The molecule has 3 rings (SSSR count). The van der Waals surface area contributed by atoms with Gasteiger partial charge in [0.15, 0.2) is 0 Å². The van der Waals surface area contributed by atoms with E-state index >= 15 is 0 Å². The van der Waals surface area contributed by atoms with E-state index in [2.05, 4.69) is 11.9 Å². The van der Waals surface area contributed by atoms with Gasteiger partial charge in [-0.15, -0.1) is 11.3 Å². The summed E-state index contributed by atoms with van der Waals surface area (Å²) in [5.74, 6) is 0.208. The molecule has 0 spiro atoms. The van der Waals surface area contributed by atoms with Gasteiger partial charge in [-0.2, -0.15) is 0 Å². The lowest BCUT2D eigenvalue weighted by Gasteiger charge is -2.39. The highest BCUT2D eigenvalue weighted by molar-refractivity contribution is 7.13. The van der Waals surface area contributed by atoms with Crippen LogP contribution in [0.5, 0.6) is 0 Å². The summed E-state index contributed by atoms with van der Waals surface area (Å²) in [6, 6.07) is 6.48. The van der Waals surface area contributed by atoms with Crippen molar-refractivity contribution in [3.05, 3.63) is 51.7 Å². The summed E-state index contributed by atoms with van der Waals surface area (Å²) >= 11 is 1.41. The molecular weight excluding hydrogens is 325 g/mol. The maximum atomic E-state index is 13.0. The fourth-order valence-corrected chi connectivity index (χ4v) is 4.18. The van der Waals surface area contributed by atoms with Crippen molar-refractivity contribution in [2.75, 3.05) is 13.1 Å². The molecular formula is C18H22FN3OS. The highest BCUT2D eigenvalue weighted by atomic mass is 32.1. The van der Waals surface area contributed by atoms with Crippen LogP contribution in [0.2, 0.25) is 0 Å². The van der Waals surface area contributed by atoms with Crippen LogP contribution < -0.4 is 5.73 Å². The number of carbonyl (C=O) groups is 1. The van der Waals surface area contributed by atoms with Crippen molar-refractivity contribution in [2.24, 2.45) is 11.7 Å². The van der Waals surface area contributed by atoms with E-state index in [1.807, 2.05) is 4.90 Å². The molecule has 24 heavy (non-hydrogen) atoms. The summed E-state index contributed by atoms with van der Waals surface area (Å²) in [5, 5.41) is 0.860. The van der Waals surface area contributed by atoms with Crippen molar-refractivity contribution in [3.8, 4) is 0 Å². The third-order valence-electron chi connectivity index (χ3n) is 4.65. The lowest BCUT2D eigenvalue weighted by Crippen LogP contribution is -2.51. The quantitative estimate of drug-likeness (QED) is 0.925. The number of amides is 1. The van der Waals surface area contributed by atoms with Crippen LogP contribution in [-0.2, 0) is 6.42 Å². The molecule has 2 aromatic rings. The zero-order chi connectivity index (χ0) is 17.1. The van der Waals surface area contributed by atoms with Crippen molar-refractivity contribution in [2.45, 2.75) is 32.2 Å².